The third-order valence-corrected chi connectivity index (χ3v) is 5.02. The van der Waals surface area contributed by atoms with E-state index in [0.717, 1.165) is 27.0 Å². The van der Waals surface area contributed by atoms with Gasteiger partial charge in [0.2, 0.25) is 5.91 Å². The van der Waals surface area contributed by atoms with E-state index in [1.165, 1.54) is 12.1 Å². The van der Waals surface area contributed by atoms with Crippen LogP contribution in [0.25, 0.3) is 16.5 Å². The summed E-state index contributed by atoms with van der Waals surface area (Å²) in [6.07, 6.45) is 3.24. The predicted octanol–water partition coefficient (Wildman–Crippen LogP) is 2.91. The average Bonchev–Trinajstić information content (AvgIpc) is 3.12. The van der Waals surface area contributed by atoms with E-state index in [1.807, 2.05) is 19.9 Å². The van der Waals surface area contributed by atoms with E-state index in [2.05, 4.69) is 15.5 Å². The number of amides is 1. The highest BCUT2D eigenvalue weighted by molar-refractivity contribution is 5.81. The number of rotatable bonds is 5. The molecule has 1 unspecified atom stereocenters. The highest BCUT2D eigenvalue weighted by atomic mass is 19.1. The molecule has 0 spiro atoms. The van der Waals surface area contributed by atoms with Crippen molar-refractivity contribution in [2.24, 2.45) is 0 Å². The fraction of sp³-hybridized carbons (Fsp3) is 0.182. The van der Waals surface area contributed by atoms with Crippen molar-refractivity contribution in [2.75, 3.05) is 0 Å². The molecule has 2 aromatic heterocycles. The number of carbonyl (C=O) groups excluding carboxylic acids is 1. The Labute approximate surface area is 171 Å². The lowest BCUT2D eigenvalue weighted by Crippen LogP contribution is -2.35. The molecular formula is C22H20FN5O2. The third-order valence-electron chi connectivity index (χ3n) is 5.02. The Hall–Kier alpha value is -3.81. The first kappa shape index (κ1) is 19.5. The van der Waals surface area contributed by atoms with E-state index in [1.54, 1.807) is 47.4 Å². The number of halogens is 1. The fourth-order valence-corrected chi connectivity index (χ4v) is 3.43. The summed E-state index contributed by atoms with van der Waals surface area (Å²) in [5.41, 5.74) is 2.07. The van der Waals surface area contributed by atoms with Crippen molar-refractivity contribution >= 4 is 16.7 Å². The molecule has 0 saturated heterocycles. The summed E-state index contributed by atoms with van der Waals surface area (Å²) in [4.78, 5) is 25.1. The smallest absolute Gasteiger partial charge is 0.275 e. The van der Waals surface area contributed by atoms with Gasteiger partial charge in [-0.15, -0.1) is 0 Å². The second kappa shape index (κ2) is 7.90. The second-order valence-electron chi connectivity index (χ2n) is 7.06. The number of nitrogens with zero attached hydrogens (tertiary/aromatic N) is 4. The number of carbonyl (C=O) groups is 1. The summed E-state index contributed by atoms with van der Waals surface area (Å²) in [5.74, 6) is -0.650. The first-order chi connectivity index (χ1) is 14.4. The molecule has 0 bridgehead atoms. The van der Waals surface area contributed by atoms with Crippen LogP contribution in [0.5, 0.6) is 0 Å². The van der Waals surface area contributed by atoms with Crippen molar-refractivity contribution in [1.29, 1.82) is 0 Å². The Balaban J connectivity index is 1.50. The number of benzene rings is 2. The maximum atomic E-state index is 13.2. The minimum Gasteiger partial charge on any atom is -0.348 e. The summed E-state index contributed by atoms with van der Waals surface area (Å²) in [5, 5.41) is 12.6. The largest absolute Gasteiger partial charge is 0.348 e. The van der Waals surface area contributed by atoms with Crippen LogP contribution >= 0.6 is 0 Å². The molecule has 2 heterocycles. The summed E-state index contributed by atoms with van der Waals surface area (Å²) < 4.78 is 16.0. The first-order valence-corrected chi connectivity index (χ1v) is 9.48. The number of hydrogen-bond acceptors (Lipinski definition) is 4. The minimum atomic E-state index is -0.332. The van der Waals surface area contributed by atoms with Crippen LogP contribution in [0.15, 0.2) is 65.7 Å². The standard InChI is InChI=1S/C22H20FN5O2/c1-14(20-12-25-28(15(20)2)18-9-7-17(23)8-10-18)26-21(29)13-27-22(30)19-6-4-3-5-16(19)11-24-27/h3-12,14H,13H2,1-2H3,(H,26,29). The van der Waals surface area contributed by atoms with Gasteiger partial charge in [0.05, 0.1) is 29.5 Å². The van der Waals surface area contributed by atoms with E-state index in [4.69, 9.17) is 0 Å². The molecule has 1 amide bonds. The maximum absolute atomic E-state index is 13.2. The molecule has 0 aliphatic heterocycles. The Morgan fingerprint density at radius 3 is 2.60 bits per heavy atom. The van der Waals surface area contributed by atoms with Crippen LogP contribution in [0.4, 0.5) is 4.39 Å². The van der Waals surface area contributed by atoms with Gasteiger partial charge in [0.15, 0.2) is 0 Å². The zero-order chi connectivity index (χ0) is 21.3. The van der Waals surface area contributed by atoms with Crippen LogP contribution in [0, 0.1) is 12.7 Å². The van der Waals surface area contributed by atoms with Crippen molar-refractivity contribution in [3.63, 3.8) is 0 Å². The van der Waals surface area contributed by atoms with Crippen molar-refractivity contribution in [1.82, 2.24) is 24.9 Å². The molecule has 1 N–H and O–H groups in total. The van der Waals surface area contributed by atoms with Crippen LogP contribution in [0.2, 0.25) is 0 Å². The van der Waals surface area contributed by atoms with Gasteiger partial charge in [-0.2, -0.15) is 10.2 Å². The summed E-state index contributed by atoms with van der Waals surface area (Å²) in [6, 6.07) is 12.8. The van der Waals surface area contributed by atoms with E-state index in [-0.39, 0.29) is 29.9 Å². The maximum Gasteiger partial charge on any atom is 0.275 e. The highest BCUT2D eigenvalue weighted by Crippen LogP contribution is 2.20. The van der Waals surface area contributed by atoms with Gasteiger partial charge in [0.25, 0.3) is 5.56 Å². The van der Waals surface area contributed by atoms with Crippen LogP contribution in [-0.2, 0) is 11.3 Å². The van der Waals surface area contributed by atoms with Crippen molar-refractivity contribution in [3.8, 4) is 5.69 Å². The lowest BCUT2D eigenvalue weighted by atomic mass is 10.1. The van der Waals surface area contributed by atoms with Gasteiger partial charge in [-0.3, -0.25) is 9.59 Å². The molecule has 152 valence electrons. The molecule has 0 aliphatic carbocycles. The number of fused-ring (bicyclic) bond motifs is 1. The molecule has 0 fully saturated rings. The van der Waals surface area contributed by atoms with Gasteiger partial charge in [0.1, 0.15) is 12.4 Å². The average molecular weight is 405 g/mol. The summed E-state index contributed by atoms with van der Waals surface area (Å²) in [7, 11) is 0. The zero-order valence-electron chi connectivity index (χ0n) is 16.5. The molecule has 8 heteroatoms. The monoisotopic (exact) mass is 405 g/mol. The quantitative estimate of drug-likeness (QED) is 0.554. The molecule has 0 aliphatic rings. The highest BCUT2D eigenvalue weighted by Gasteiger charge is 2.17. The van der Waals surface area contributed by atoms with E-state index >= 15 is 0 Å². The van der Waals surface area contributed by atoms with Gasteiger partial charge in [-0.1, -0.05) is 18.2 Å². The first-order valence-electron chi connectivity index (χ1n) is 9.48. The van der Waals surface area contributed by atoms with Crippen LogP contribution < -0.4 is 10.9 Å². The SMILES string of the molecule is Cc1c(C(C)NC(=O)Cn2ncc3ccccc3c2=O)cnn1-c1ccc(F)cc1. The fourth-order valence-electron chi connectivity index (χ4n) is 3.43. The van der Waals surface area contributed by atoms with E-state index in [9.17, 15) is 14.0 Å². The second-order valence-corrected chi connectivity index (χ2v) is 7.06. The summed E-state index contributed by atoms with van der Waals surface area (Å²) in [6.45, 7) is 3.54. The number of nitrogens with one attached hydrogen (secondary N) is 1. The molecule has 30 heavy (non-hydrogen) atoms. The van der Waals surface area contributed by atoms with Gasteiger partial charge in [0, 0.05) is 16.6 Å². The number of hydrogen-bond donors (Lipinski definition) is 1. The molecule has 7 nitrogen and oxygen atoms in total. The molecular weight excluding hydrogens is 385 g/mol. The molecule has 1 atom stereocenters. The normalized spacial score (nSPS) is 12.1. The lowest BCUT2D eigenvalue weighted by Gasteiger charge is -2.15. The Morgan fingerprint density at radius 1 is 1.10 bits per heavy atom. The molecule has 2 aromatic carbocycles. The van der Waals surface area contributed by atoms with Gasteiger partial charge < -0.3 is 5.32 Å². The topological polar surface area (TPSA) is 81.8 Å². The van der Waals surface area contributed by atoms with E-state index in [0.29, 0.717) is 5.39 Å². The predicted molar refractivity (Wildman–Crippen MR) is 111 cm³/mol. The van der Waals surface area contributed by atoms with Crippen molar-refractivity contribution in [3.05, 3.63) is 88.4 Å². The van der Waals surface area contributed by atoms with Gasteiger partial charge in [-0.05, 0) is 44.2 Å². The molecule has 4 rings (SSSR count). The summed E-state index contributed by atoms with van der Waals surface area (Å²) >= 11 is 0. The molecule has 0 saturated carbocycles. The van der Waals surface area contributed by atoms with Crippen molar-refractivity contribution < 1.29 is 9.18 Å². The zero-order valence-corrected chi connectivity index (χ0v) is 16.5. The Morgan fingerprint density at radius 2 is 1.83 bits per heavy atom. The lowest BCUT2D eigenvalue weighted by molar-refractivity contribution is -0.122. The van der Waals surface area contributed by atoms with Crippen LogP contribution in [0.3, 0.4) is 0 Å². The van der Waals surface area contributed by atoms with Crippen molar-refractivity contribution in [2.45, 2.75) is 26.4 Å². The van der Waals surface area contributed by atoms with Crippen LogP contribution in [-0.4, -0.2) is 25.5 Å². The molecule has 0 radical (unpaired) electrons. The third kappa shape index (κ3) is 3.71. The Kier molecular flexibility index (Phi) is 5.14. The van der Waals surface area contributed by atoms with Gasteiger partial charge >= 0.3 is 0 Å². The van der Waals surface area contributed by atoms with E-state index < -0.39 is 0 Å². The minimum absolute atomic E-state index is 0.181. The van der Waals surface area contributed by atoms with Gasteiger partial charge in [-0.25, -0.2) is 13.8 Å². The van der Waals surface area contributed by atoms with Crippen LogP contribution in [0.1, 0.15) is 24.2 Å². The number of aromatic nitrogens is 4. The molecule has 4 aromatic rings. The Bertz CT molecular complexity index is 1280.